The Kier molecular flexibility index (Phi) is 6.30. The highest BCUT2D eigenvalue weighted by atomic mass is 16.5. The maximum Gasteiger partial charge on any atom is 0.191 e. The third-order valence-electron chi connectivity index (χ3n) is 4.61. The van der Waals surface area contributed by atoms with Gasteiger partial charge < -0.3 is 24.8 Å². The zero-order valence-electron chi connectivity index (χ0n) is 15.2. The van der Waals surface area contributed by atoms with Gasteiger partial charge in [-0.3, -0.25) is 4.99 Å². The molecule has 1 unspecified atom stereocenters. The van der Waals surface area contributed by atoms with Gasteiger partial charge in [-0.1, -0.05) is 18.2 Å². The summed E-state index contributed by atoms with van der Waals surface area (Å²) in [6, 6.07) is 10.7. The van der Waals surface area contributed by atoms with Crippen LogP contribution in [0.5, 0.6) is 0 Å². The monoisotopic (exact) mass is 343 g/mol. The molecule has 2 heterocycles. The van der Waals surface area contributed by atoms with E-state index < -0.39 is 0 Å². The molecule has 1 atom stereocenters. The molecule has 1 aromatic heterocycles. The SMILES string of the molecule is CN=C(NCCCn1ccc2ccccc21)NCC1CN(C)CCO1. The number of likely N-dealkylation sites (N-methyl/N-ethyl adjacent to an activating group) is 1. The average molecular weight is 343 g/mol. The second kappa shape index (κ2) is 8.87. The number of aryl methyl sites for hydroxylation is 1. The first-order chi connectivity index (χ1) is 12.3. The molecule has 0 radical (unpaired) electrons. The van der Waals surface area contributed by atoms with Crippen LogP contribution in [-0.4, -0.2) is 68.4 Å². The lowest BCUT2D eigenvalue weighted by atomic mass is 10.2. The Balaban J connectivity index is 1.38. The van der Waals surface area contributed by atoms with Gasteiger partial charge in [0.1, 0.15) is 0 Å². The molecule has 25 heavy (non-hydrogen) atoms. The molecule has 0 saturated carbocycles. The van der Waals surface area contributed by atoms with Crippen molar-refractivity contribution in [3.63, 3.8) is 0 Å². The lowest BCUT2D eigenvalue weighted by Gasteiger charge is -2.30. The topological polar surface area (TPSA) is 53.8 Å². The van der Waals surface area contributed by atoms with E-state index in [-0.39, 0.29) is 6.10 Å². The van der Waals surface area contributed by atoms with Gasteiger partial charge in [-0.2, -0.15) is 0 Å². The summed E-state index contributed by atoms with van der Waals surface area (Å²) in [5.41, 5.74) is 1.29. The Morgan fingerprint density at radius 1 is 1.28 bits per heavy atom. The van der Waals surface area contributed by atoms with Crippen LogP contribution in [0.3, 0.4) is 0 Å². The molecule has 3 rings (SSSR count). The molecule has 2 aromatic rings. The number of nitrogens with zero attached hydrogens (tertiary/aromatic N) is 3. The van der Waals surface area contributed by atoms with Crippen molar-refractivity contribution in [2.24, 2.45) is 4.99 Å². The van der Waals surface area contributed by atoms with Gasteiger partial charge in [-0.25, -0.2) is 0 Å². The first kappa shape index (κ1) is 17.8. The van der Waals surface area contributed by atoms with E-state index in [0.717, 1.165) is 51.7 Å². The predicted molar refractivity (Wildman–Crippen MR) is 103 cm³/mol. The summed E-state index contributed by atoms with van der Waals surface area (Å²) in [7, 11) is 3.94. The van der Waals surface area contributed by atoms with Crippen molar-refractivity contribution < 1.29 is 4.74 Å². The molecule has 0 amide bonds. The van der Waals surface area contributed by atoms with Crippen molar-refractivity contribution in [3.05, 3.63) is 36.5 Å². The summed E-state index contributed by atoms with van der Waals surface area (Å²) < 4.78 is 8.07. The number of aliphatic imine (C=N–C) groups is 1. The first-order valence-electron chi connectivity index (χ1n) is 9.05. The van der Waals surface area contributed by atoms with Gasteiger partial charge >= 0.3 is 0 Å². The summed E-state index contributed by atoms with van der Waals surface area (Å²) in [5.74, 6) is 0.842. The van der Waals surface area contributed by atoms with Crippen LogP contribution in [0, 0.1) is 0 Å². The van der Waals surface area contributed by atoms with Crippen LogP contribution in [0.1, 0.15) is 6.42 Å². The largest absolute Gasteiger partial charge is 0.374 e. The number of benzene rings is 1. The molecule has 0 aliphatic carbocycles. The van der Waals surface area contributed by atoms with E-state index in [1.807, 2.05) is 7.05 Å². The van der Waals surface area contributed by atoms with E-state index in [9.17, 15) is 0 Å². The summed E-state index contributed by atoms with van der Waals surface area (Å²) in [4.78, 5) is 6.59. The van der Waals surface area contributed by atoms with Gasteiger partial charge in [0, 0.05) is 51.5 Å². The fourth-order valence-corrected chi connectivity index (χ4v) is 3.21. The molecular formula is C19H29N5O. The number of morpholine rings is 1. The van der Waals surface area contributed by atoms with E-state index in [1.165, 1.54) is 10.9 Å². The Morgan fingerprint density at radius 3 is 3.00 bits per heavy atom. The van der Waals surface area contributed by atoms with Crippen LogP contribution in [0.4, 0.5) is 0 Å². The zero-order chi connectivity index (χ0) is 17.5. The fraction of sp³-hybridized carbons (Fsp3) is 0.526. The van der Waals surface area contributed by atoms with E-state index >= 15 is 0 Å². The van der Waals surface area contributed by atoms with E-state index in [4.69, 9.17) is 4.74 Å². The number of fused-ring (bicyclic) bond motifs is 1. The number of hydrogen-bond acceptors (Lipinski definition) is 3. The fourth-order valence-electron chi connectivity index (χ4n) is 3.21. The number of aromatic nitrogens is 1. The van der Waals surface area contributed by atoms with Gasteiger partial charge in [0.15, 0.2) is 5.96 Å². The molecule has 0 bridgehead atoms. The Labute approximate surface area is 149 Å². The third kappa shape index (κ3) is 4.96. The molecule has 0 spiro atoms. The molecule has 1 aliphatic heterocycles. The Morgan fingerprint density at radius 2 is 2.16 bits per heavy atom. The van der Waals surface area contributed by atoms with E-state index in [0.29, 0.717) is 0 Å². The predicted octanol–water partition coefficient (Wildman–Crippen LogP) is 1.53. The van der Waals surface area contributed by atoms with Crippen molar-refractivity contribution in [2.75, 3.05) is 46.9 Å². The molecule has 136 valence electrons. The average Bonchev–Trinajstić information content (AvgIpc) is 3.04. The van der Waals surface area contributed by atoms with E-state index in [1.54, 1.807) is 0 Å². The Bertz CT molecular complexity index is 696. The molecule has 1 aromatic carbocycles. The molecule has 2 N–H and O–H groups in total. The van der Waals surface area contributed by atoms with Crippen LogP contribution < -0.4 is 10.6 Å². The minimum Gasteiger partial charge on any atom is -0.374 e. The molecule has 1 aliphatic rings. The highest BCUT2D eigenvalue weighted by Crippen LogP contribution is 2.15. The second-order valence-electron chi connectivity index (χ2n) is 6.56. The number of para-hydroxylation sites is 1. The van der Waals surface area contributed by atoms with Crippen LogP contribution in [0.2, 0.25) is 0 Å². The number of guanidine groups is 1. The van der Waals surface area contributed by atoms with Gasteiger partial charge in [0.25, 0.3) is 0 Å². The van der Waals surface area contributed by atoms with Crippen LogP contribution in [-0.2, 0) is 11.3 Å². The van der Waals surface area contributed by atoms with Crippen molar-refractivity contribution in [1.29, 1.82) is 0 Å². The highest BCUT2D eigenvalue weighted by molar-refractivity contribution is 5.80. The van der Waals surface area contributed by atoms with Crippen molar-refractivity contribution in [2.45, 2.75) is 19.1 Å². The number of nitrogens with one attached hydrogen (secondary N) is 2. The lowest BCUT2D eigenvalue weighted by Crippen LogP contribution is -2.48. The molecule has 6 heteroatoms. The highest BCUT2D eigenvalue weighted by Gasteiger charge is 2.17. The quantitative estimate of drug-likeness (QED) is 0.474. The molecule has 6 nitrogen and oxygen atoms in total. The minimum atomic E-state index is 0.225. The van der Waals surface area contributed by atoms with E-state index in [2.05, 4.69) is 68.7 Å². The number of ether oxygens (including phenoxy) is 1. The number of hydrogen-bond donors (Lipinski definition) is 2. The van der Waals surface area contributed by atoms with Crippen LogP contribution in [0.15, 0.2) is 41.5 Å². The lowest BCUT2D eigenvalue weighted by molar-refractivity contribution is -0.0161. The van der Waals surface area contributed by atoms with Crippen molar-refractivity contribution >= 4 is 16.9 Å². The summed E-state index contributed by atoms with van der Waals surface area (Å²) >= 11 is 0. The Hall–Kier alpha value is -2.05. The summed E-state index contributed by atoms with van der Waals surface area (Å²) in [5, 5.41) is 8.05. The van der Waals surface area contributed by atoms with Crippen LogP contribution in [0.25, 0.3) is 10.9 Å². The first-order valence-corrected chi connectivity index (χ1v) is 9.05. The van der Waals surface area contributed by atoms with Gasteiger partial charge in [-0.15, -0.1) is 0 Å². The molecular weight excluding hydrogens is 314 g/mol. The maximum absolute atomic E-state index is 5.77. The third-order valence-corrected chi connectivity index (χ3v) is 4.61. The number of rotatable bonds is 6. The molecule has 1 saturated heterocycles. The standard InChI is InChI=1S/C19H29N5O/c1-20-19(22-14-17-15-23(2)12-13-25-17)21-9-5-10-24-11-8-16-6-3-4-7-18(16)24/h3-4,6-8,11,17H,5,9-10,12-15H2,1-2H3,(H2,20,21,22). The van der Waals surface area contributed by atoms with Crippen molar-refractivity contribution in [3.8, 4) is 0 Å². The van der Waals surface area contributed by atoms with Crippen molar-refractivity contribution in [1.82, 2.24) is 20.1 Å². The minimum absolute atomic E-state index is 0.225. The summed E-state index contributed by atoms with van der Waals surface area (Å²) in [6.45, 7) is 5.44. The summed E-state index contributed by atoms with van der Waals surface area (Å²) in [6.07, 6.45) is 3.43. The van der Waals surface area contributed by atoms with Gasteiger partial charge in [0.2, 0.25) is 0 Å². The smallest absolute Gasteiger partial charge is 0.191 e. The van der Waals surface area contributed by atoms with Gasteiger partial charge in [-0.05, 0) is 31.0 Å². The maximum atomic E-state index is 5.77. The van der Waals surface area contributed by atoms with Crippen LogP contribution >= 0.6 is 0 Å². The van der Waals surface area contributed by atoms with Gasteiger partial charge in [0.05, 0.1) is 12.7 Å². The zero-order valence-corrected chi connectivity index (χ0v) is 15.2. The second-order valence-corrected chi connectivity index (χ2v) is 6.56. The normalized spacial score (nSPS) is 19.3. The molecule has 1 fully saturated rings.